The van der Waals surface area contributed by atoms with E-state index in [9.17, 15) is 4.79 Å². The van der Waals surface area contributed by atoms with Crippen LogP contribution in [0.25, 0.3) is 0 Å². The van der Waals surface area contributed by atoms with E-state index >= 15 is 0 Å². The molecule has 0 amide bonds. The Morgan fingerprint density at radius 3 is 2.76 bits per heavy atom. The summed E-state index contributed by atoms with van der Waals surface area (Å²) in [6.45, 7) is 7.37. The zero-order valence-corrected chi connectivity index (χ0v) is 12.5. The lowest BCUT2D eigenvalue weighted by atomic mass is 10.1. The van der Waals surface area contributed by atoms with Gasteiger partial charge in [-0.25, -0.2) is 14.5 Å². The second-order valence-electron chi connectivity index (χ2n) is 5.87. The van der Waals surface area contributed by atoms with Crippen molar-refractivity contribution in [2.24, 2.45) is 0 Å². The molecular weight excluding hydrogens is 268 g/mol. The van der Waals surface area contributed by atoms with Crippen LogP contribution < -0.4 is 5.32 Å². The number of carboxylic acids is 1. The Morgan fingerprint density at radius 2 is 2.10 bits per heavy atom. The van der Waals surface area contributed by atoms with E-state index in [0.29, 0.717) is 18.7 Å². The van der Waals surface area contributed by atoms with Gasteiger partial charge in [0.15, 0.2) is 0 Å². The van der Waals surface area contributed by atoms with Gasteiger partial charge in [-0.15, -0.1) is 0 Å². The topological polar surface area (TPSA) is 80.0 Å². The highest BCUT2D eigenvalue weighted by Gasteiger charge is 2.17. The second-order valence-corrected chi connectivity index (χ2v) is 5.87. The fourth-order valence-corrected chi connectivity index (χ4v) is 2.08. The largest absolute Gasteiger partial charge is 0.478 e. The molecule has 2 N–H and O–H groups in total. The monoisotopic (exact) mass is 288 g/mol. The first kappa shape index (κ1) is 15.2. The van der Waals surface area contributed by atoms with E-state index in [2.05, 4.69) is 36.2 Å². The van der Waals surface area contributed by atoms with Gasteiger partial charge in [-0.2, -0.15) is 5.10 Å². The zero-order valence-electron chi connectivity index (χ0n) is 12.5. The van der Waals surface area contributed by atoms with E-state index in [1.807, 2.05) is 10.7 Å². The van der Waals surface area contributed by atoms with Crippen LogP contribution in [-0.2, 0) is 18.6 Å². The molecule has 0 saturated carbocycles. The minimum absolute atomic E-state index is 0.114. The first-order valence-corrected chi connectivity index (χ1v) is 6.80. The molecular formula is C15H20N4O2. The van der Waals surface area contributed by atoms with Crippen molar-refractivity contribution in [1.82, 2.24) is 20.1 Å². The molecule has 0 radical (unpaired) electrons. The molecule has 0 saturated heterocycles. The van der Waals surface area contributed by atoms with Crippen molar-refractivity contribution in [2.45, 2.75) is 39.4 Å². The molecule has 0 fully saturated rings. The Balaban J connectivity index is 1.98. The lowest BCUT2D eigenvalue weighted by Crippen LogP contribution is -2.28. The summed E-state index contributed by atoms with van der Waals surface area (Å²) >= 11 is 0. The number of benzene rings is 1. The summed E-state index contributed by atoms with van der Waals surface area (Å²) in [6.07, 6.45) is 1.55. The van der Waals surface area contributed by atoms with E-state index in [-0.39, 0.29) is 5.54 Å². The number of aromatic nitrogens is 3. The van der Waals surface area contributed by atoms with Crippen LogP contribution in [0.5, 0.6) is 0 Å². The maximum absolute atomic E-state index is 10.9. The summed E-state index contributed by atoms with van der Waals surface area (Å²) < 4.78 is 1.88. The first-order valence-electron chi connectivity index (χ1n) is 6.80. The Morgan fingerprint density at radius 1 is 1.33 bits per heavy atom. The van der Waals surface area contributed by atoms with Crippen molar-refractivity contribution >= 4 is 5.97 Å². The van der Waals surface area contributed by atoms with E-state index < -0.39 is 5.97 Å². The Hall–Kier alpha value is -2.21. The lowest BCUT2D eigenvalue weighted by Gasteiger charge is -2.21. The molecule has 1 aromatic carbocycles. The molecule has 2 aromatic rings. The van der Waals surface area contributed by atoms with Crippen molar-refractivity contribution in [3.63, 3.8) is 0 Å². The number of nitrogens with one attached hydrogen (secondary N) is 1. The average Bonchev–Trinajstić information content (AvgIpc) is 2.87. The predicted octanol–water partition coefficient (Wildman–Crippen LogP) is 2.02. The van der Waals surface area contributed by atoms with Crippen molar-refractivity contribution in [3.05, 3.63) is 47.5 Å². The van der Waals surface area contributed by atoms with Gasteiger partial charge < -0.3 is 10.4 Å². The highest BCUT2D eigenvalue weighted by molar-refractivity contribution is 5.87. The summed E-state index contributed by atoms with van der Waals surface area (Å²) in [6, 6.07) is 6.90. The molecule has 6 heteroatoms. The van der Waals surface area contributed by atoms with Crippen LogP contribution in [0.4, 0.5) is 0 Å². The number of carbonyl (C=O) groups is 1. The van der Waals surface area contributed by atoms with Crippen LogP contribution in [0.2, 0.25) is 0 Å². The number of nitrogens with zero attached hydrogens (tertiary/aromatic N) is 3. The third kappa shape index (κ3) is 3.88. The summed E-state index contributed by atoms with van der Waals surface area (Å²) in [7, 11) is 0. The summed E-state index contributed by atoms with van der Waals surface area (Å²) in [5.41, 5.74) is 1.11. The highest BCUT2D eigenvalue weighted by Crippen LogP contribution is 2.13. The van der Waals surface area contributed by atoms with Crippen LogP contribution in [0.15, 0.2) is 30.6 Å². The molecule has 0 aliphatic carbocycles. The molecule has 0 bridgehead atoms. The summed E-state index contributed by atoms with van der Waals surface area (Å²) in [5, 5.41) is 16.5. The van der Waals surface area contributed by atoms with Crippen LogP contribution in [-0.4, -0.2) is 25.8 Å². The van der Waals surface area contributed by atoms with Crippen molar-refractivity contribution < 1.29 is 9.90 Å². The number of carboxylic acid groups (broad SMARTS) is 1. The molecule has 0 aliphatic rings. The lowest BCUT2D eigenvalue weighted by molar-refractivity contribution is 0.0696. The van der Waals surface area contributed by atoms with E-state index in [1.54, 1.807) is 24.5 Å². The molecule has 1 heterocycles. The summed E-state index contributed by atoms with van der Waals surface area (Å²) in [5.74, 6) is -0.0544. The van der Waals surface area contributed by atoms with E-state index in [4.69, 9.17) is 5.11 Å². The van der Waals surface area contributed by atoms with Gasteiger partial charge >= 0.3 is 5.97 Å². The van der Waals surface area contributed by atoms with E-state index in [0.717, 1.165) is 11.4 Å². The van der Waals surface area contributed by atoms with Crippen molar-refractivity contribution in [2.75, 3.05) is 0 Å². The van der Waals surface area contributed by atoms with Gasteiger partial charge in [0.1, 0.15) is 12.2 Å². The Kier molecular flexibility index (Phi) is 4.37. The van der Waals surface area contributed by atoms with E-state index in [1.165, 1.54) is 0 Å². The zero-order chi connectivity index (χ0) is 15.5. The fraction of sp³-hybridized carbons (Fsp3) is 0.400. The van der Waals surface area contributed by atoms with Gasteiger partial charge in [0.25, 0.3) is 0 Å². The molecule has 1 aromatic heterocycles. The molecule has 21 heavy (non-hydrogen) atoms. The standard InChI is InChI=1S/C15H20N4O2/c1-15(2,3)19-13(17-10-18-19)9-16-8-11-5-4-6-12(7-11)14(20)21/h4-7,10,16H,8-9H2,1-3H3,(H,20,21). The van der Waals surface area contributed by atoms with Gasteiger partial charge in [-0.1, -0.05) is 12.1 Å². The number of aromatic carboxylic acids is 1. The molecule has 0 spiro atoms. The molecule has 0 atom stereocenters. The normalized spacial score (nSPS) is 11.6. The van der Waals surface area contributed by atoms with Gasteiger partial charge in [0.05, 0.1) is 17.6 Å². The third-order valence-electron chi connectivity index (χ3n) is 3.04. The van der Waals surface area contributed by atoms with Gasteiger partial charge in [0, 0.05) is 6.54 Å². The average molecular weight is 288 g/mol. The number of rotatable bonds is 5. The molecule has 0 unspecified atom stereocenters. The molecule has 0 aliphatic heterocycles. The maximum Gasteiger partial charge on any atom is 0.335 e. The van der Waals surface area contributed by atoms with Crippen LogP contribution in [0.1, 0.15) is 42.5 Å². The minimum atomic E-state index is -0.913. The van der Waals surface area contributed by atoms with Crippen molar-refractivity contribution in [1.29, 1.82) is 0 Å². The van der Waals surface area contributed by atoms with Crippen molar-refractivity contribution in [3.8, 4) is 0 Å². The SMILES string of the molecule is CC(C)(C)n1ncnc1CNCc1cccc(C(=O)O)c1. The first-order chi connectivity index (χ1) is 9.88. The van der Waals surface area contributed by atoms with Gasteiger partial charge in [-0.3, -0.25) is 0 Å². The minimum Gasteiger partial charge on any atom is -0.478 e. The Bertz CT molecular complexity index is 629. The number of hydrogen-bond donors (Lipinski definition) is 2. The smallest absolute Gasteiger partial charge is 0.335 e. The Labute approximate surface area is 123 Å². The maximum atomic E-state index is 10.9. The van der Waals surface area contributed by atoms with Gasteiger partial charge in [-0.05, 0) is 38.5 Å². The molecule has 112 valence electrons. The molecule has 6 nitrogen and oxygen atoms in total. The third-order valence-corrected chi connectivity index (χ3v) is 3.04. The van der Waals surface area contributed by atoms with Crippen LogP contribution >= 0.6 is 0 Å². The van der Waals surface area contributed by atoms with Crippen LogP contribution in [0, 0.1) is 0 Å². The van der Waals surface area contributed by atoms with Gasteiger partial charge in [0.2, 0.25) is 0 Å². The summed E-state index contributed by atoms with van der Waals surface area (Å²) in [4.78, 5) is 15.2. The quantitative estimate of drug-likeness (QED) is 0.880. The fourth-order valence-electron chi connectivity index (χ4n) is 2.08. The van der Waals surface area contributed by atoms with Crippen LogP contribution in [0.3, 0.4) is 0 Å². The predicted molar refractivity (Wildman–Crippen MR) is 79.0 cm³/mol. The second kappa shape index (κ2) is 6.05. The number of hydrogen-bond acceptors (Lipinski definition) is 4. The highest BCUT2D eigenvalue weighted by atomic mass is 16.4. The molecule has 2 rings (SSSR count).